The van der Waals surface area contributed by atoms with Crippen molar-refractivity contribution in [2.24, 2.45) is 11.3 Å². The summed E-state index contributed by atoms with van der Waals surface area (Å²) >= 11 is 0. The molecule has 0 bridgehead atoms. The second kappa shape index (κ2) is 7.36. The average Bonchev–Trinajstić information content (AvgIpc) is 3.48. The van der Waals surface area contributed by atoms with Crippen molar-refractivity contribution in [1.29, 1.82) is 0 Å². The molecule has 10 heteroatoms. The number of anilines is 2. The first-order chi connectivity index (χ1) is 14.7. The van der Waals surface area contributed by atoms with Crippen LogP contribution in [0.3, 0.4) is 0 Å². The smallest absolute Gasteiger partial charge is 0.414 e. The predicted octanol–water partition coefficient (Wildman–Crippen LogP) is 1.69. The number of piperidine rings is 1. The molecule has 168 valence electrons. The standard InChI is InChI=1S/C21H26FN3O5S/c22-17-9-15(25-11-16(30-20(25)27)10-23-19(26)14-1-2-14)3-4-18(17)24-7-5-21(6-8-24)12-31(28,29)13-21/h3-4,9,14,16H,1-2,5-8,10-13H2,(H,23,26). The maximum atomic E-state index is 14.9. The van der Waals surface area contributed by atoms with E-state index in [1.165, 1.54) is 11.0 Å². The topological polar surface area (TPSA) is 96.0 Å². The van der Waals surface area contributed by atoms with E-state index in [4.69, 9.17) is 4.74 Å². The van der Waals surface area contributed by atoms with Crippen LogP contribution in [0.2, 0.25) is 0 Å². The van der Waals surface area contributed by atoms with Gasteiger partial charge in [-0.25, -0.2) is 17.6 Å². The number of hydrogen-bond acceptors (Lipinski definition) is 6. The highest BCUT2D eigenvalue weighted by Gasteiger charge is 2.49. The van der Waals surface area contributed by atoms with Crippen molar-refractivity contribution in [3.8, 4) is 0 Å². The van der Waals surface area contributed by atoms with Gasteiger partial charge in [0.1, 0.15) is 11.9 Å². The van der Waals surface area contributed by atoms with Gasteiger partial charge in [0.15, 0.2) is 9.84 Å². The molecule has 0 aromatic heterocycles. The second-order valence-corrected chi connectivity index (χ2v) is 11.4. The highest BCUT2D eigenvalue weighted by atomic mass is 32.2. The van der Waals surface area contributed by atoms with E-state index in [2.05, 4.69) is 5.32 Å². The number of ether oxygens (including phenoxy) is 1. The molecular weight excluding hydrogens is 425 g/mol. The maximum absolute atomic E-state index is 14.9. The number of hydrogen-bond donors (Lipinski definition) is 1. The zero-order chi connectivity index (χ0) is 21.8. The molecule has 4 fully saturated rings. The third-order valence-electron chi connectivity index (χ3n) is 6.79. The fourth-order valence-electron chi connectivity index (χ4n) is 4.86. The molecule has 1 N–H and O–H groups in total. The number of amides is 2. The summed E-state index contributed by atoms with van der Waals surface area (Å²) in [6.07, 6.45) is 2.27. The third kappa shape index (κ3) is 4.09. The number of nitrogens with zero attached hydrogens (tertiary/aromatic N) is 2. The van der Waals surface area contributed by atoms with Gasteiger partial charge in [0.05, 0.1) is 36.0 Å². The number of halogens is 1. The van der Waals surface area contributed by atoms with Gasteiger partial charge >= 0.3 is 6.09 Å². The van der Waals surface area contributed by atoms with Gasteiger partial charge in [-0.3, -0.25) is 9.69 Å². The first-order valence-electron chi connectivity index (χ1n) is 10.7. The van der Waals surface area contributed by atoms with Crippen molar-refractivity contribution in [3.05, 3.63) is 24.0 Å². The summed E-state index contributed by atoms with van der Waals surface area (Å²) in [4.78, 5) is 27.3. The van der Waals surface area contributed by atoms with E-state index in [0.717, 1.165) is 25.7 Å². The molecule has 3 aliphatic heterocycles. The zero-order valence-corrected chi connectivity index (χ0v) is 18.0. The molecule has 1 aromatic rings. The highest BCUT2D eigenvalue weighted by molar-refractivity contribution is 7.92. The highest BCUT2D eigenvalue weighted by Crippen LogP contribution is 2.43. The molecule has 1 aromatic carbocycles. The van der Waals surface area contributed by atoms with Crippen LogP contribution >= 0.6 is 0 Å². The molecule has 3 saturated heterocycles. The van der Waals surface area contributed by atoms with Crippen LogP contribution in [0.1, 0.15) is 25.7 Å². The summed E-state index contributed by atoms with van der Waals surface area (Å²) in [7, 11) is -2.88. The molecular formula is C21H26FN3O5S. The van der Waals surface area contributed by atoms with Gasteiger partial charge in [0, 0.05) is 24.4 Å². The zero-order valence-electron chi connectivity index (χ0n) is 17.2. The largest absolute Gasteiger partial charge is 0.442 e. The van der Waals surface area contributed by atoms with Crippen LogP contribution in [0.15, 0.2) is 18.2 Å². The Morgan fingerprint density at radius 2 is 1.94 bits per heavy atom. The van der Waals surface area contributed by atoms with E-state index < -0.39 is 27.9 Å². The second-order valence-electron chi connectivity index (χ2n) is 9.29. The van der Waals surface area contributed by atoms with Gasteiger partial charge < -0.3 is 15.0 Å². The van der Waals surface area contributed by atoms with E-state index >= 15 is 0 Å². The van der Waals surface area contributed by atoms with E-state index in [1.807, 2.05) is 4.90 Å². The Morgan fingerprint density at radius 1 is 1.23 bits per heavy atom. The van der Waals surface area contributed by atoms with Crippen LogP contribution in [0, 0.1) is 17.2 Å². The number of rotatable bonds is 5. The lowest BCUT2D eigenvalue weighted by atomic mass is 9.81. The minimum absolute atomic E-state index is 0.00675. The normalized spacial score (nSPS) is 26.5. The summed E-state index contributed by atoms with van der Waals surface area (Å²) in [6.45, 7) is 1.73. The van der Waals surface area contributed by atoms with Gasteiger partial charge in [0.2, 0.25) is 5.91 Å². The van der Waals surface area contributed by atoms with Crippen LogP contribution in [0.5, 0.6) is 0 Å². The quantitative estimate of drug-likeness (QED) is 0.732. The molecule has 4 aliphatic rings. The third-order valence-corrected chi connectivity index (χ3v) is 8.89. The Kier molecular flexibility index (Phi) is 4.87. The summed E-state index contributed by atoms with van der Waals surface area (Å²) in [5, 5.41) is 2.80. The lowest BCUT2D eigenvalue weighted by molar-refractivity contribution is -0.122. The van der Waals surface area contributed by atoms with Crippen molar-refractivity contribution < 1.29 is 27.1 Å². The average molecular weight is 452 g/mol. The molecule has 5 rings (SSSR count). The molecule has 1 aliphatic carbocycles. The van der Waals surface area contributed by atoms with E-state index in [1.54, 1.807) is 12.1 Å². The fraction of sp³-hybridized carbons (Fsp3) is 0.619. The van der Waals surface area contributed by atoms with Crippen molar-refractivity contribution >= 4 is 33.2 Å². The lowest BCUT2D eigenvalue weighted by Crippen LogP contribution is -2.54. The van der Waals surface area contributed by atoms with E-state index in [9.17, 15) is 22.4 Å². The number of sulfone groups is 1. The Balaban J connectivity index is 1.19. The Hall–Kier alpha value is -2.36. The SMILES string of the molecule is O=C(NCC1CN(c2ccc(N3CCC4(CC3)CS(=O)(=O)C4)c(F)c2)C(=O)O1)C1CC1. The number of carbonyl (C=O) groups is 2. The fourth-order valence-corrected chi connectivity index (χ4v) is 7.22. The molecule has 1 atom stereocenters. The number of nitrogens with one attached hydrogen (secondary N) is 1. The molecule has 1 spiro atoms. The molecule has 1 saturated carbocycles. The van der Waals surface area contributed by atoms with Crippen molar-refractivity contribution in [2.75, 3.05) is 47.5 Å². The van der Waals surface area contributed by atoms with Crippen LogP contribution in [-0.2, 0) is 19.4 Å². The number of cyclic esters (lactones) is 1. The first kappa shape index (κ1) is 20.5. The van der Waals surface area contributed by atoms with Crippen molar-refractivity contribution in [2.45, 2.75) is 31.8 Å². The number of benzene rings is 1. The lowest BCUT2D eigenvalue weighted by Gasteiger charge is -2.47. The van der Waals surface area contributed by atoms with Crippen LogP contribution in [0.4, 0.5) is 20.6 Å². The minimum Gasteiger partial charge on any atom is -0.442 e. The van der Waals surface area contributed by atoms with E-state index in [-0.39, 0.29) is 41.8 Å². The first-order valence-corrected chi connectivity index (χ1v) is 12.6. The molecule has 0 radical (unpaired) electrons. The monoisotopic (exact) mass is 451 g/mol. The van der Waals surface area contributed by atoms with Gasteiger partial charge in [-0.1, -0.05) is 0 Å². The van der Waals surface area contributed by atoms with Gasteiger partial charge in [-0.15, -0.1) is 0 Å². The van der Waals surface area contributed by atoms with Crippen molar-refractivity contribution in [1.82, 2.24) is 5.32 Å². The molecule has 1 unspecified atom stereocenters. The molecule has 2 amide bonds. The summed E-state index contributed by atoms with van der Waals surface area (Å²) < 4.78 is 43.3. The predicted molar refractivity (Wildman–Crippen MR) is 112 cm³/mol. The Bertz CT molecular complexity index is 1000. The van der Waals surface area contributed by atoms with Gasteiger partial charge in [-0.2, -0.15) is 0 Å². The van der Waals surface area contributed by atoms with Gasteiger partial charge in [0.25, 0.3) is 0 Å². The summed E-state index contributed by atoms with van der Waals surface area (Å²) in [5.74, 6) is 0.150. The maximum Gasteiger partial charge on any atom is 0.414 e. The summed E-state index contributed by atoms with van der Waals surface area (Å²) in [5.41, 5.74) is 0.747. The molecule has 3 heterocycles. The van der Waals surface area contributed by atoms with Crippen LogP contribution in [0.25, 0.3) is 0 Å². The van der Waals surface area contributed by atoms with E-state index in [0.29, 0.717) is 24.5 Å². The van der Waals surface area contributed by atoms with Crippen LogP contribution < -0.4 is 15.1 Å². The summed E-state index contributed by atoms with van der Waals surface area (Å²) in [6, 6.07) is 4.69. The molecule has 8 nitrogen and oxygen atoms in total. The van der Waals surface area contributed by atoms with Gasteiger partial charge in [-0.05, 0) is 43.9 Å². The number of carbonyl (C=O) groups excluding carboxylic acids is 2. The Morgan fingerprint density at radius 3 is 2.55 bits per heavy atom. The van der Waals surface area contributed by atoms with Crippen LogP contribution in [-0.4, -0.2) is 64.2 Å². The van der Waals surface area contributed by atoms with Crippen molar-refractivity contribution in [3.63, 3.8) is 0 Å². The molecule has 31 heavy (non-hydrogen) atoms. The minimum atomic E-state index is -2.88. The Labute approximate surface area is 180 Å².